The van der Waals surface area contributed by atoms with Gasteiger partial charge < -0.3 is 10.5 Å². The third kappa shape index (κ3) is 4.64. The van der Waals surface area contributed by atoms with E-state index in [1.807, 2.05) is 0 Å². The Hall–Kier alpha value is -4.08. The summed E-state index contributed by atoms with van der Waals surface area (Å²) in [5.41, 5.74) is 7.35. The SMILES string of the molecule is Cc1cc(-c2c(OCc3ncccn3)nc(N)nc2-c2ccc(F)cc2)cc(C(F)F)n1. The van der Waals surface area contributed by atoms with Gasteiger partial charge in [-0.1, -0.05) is 0 Å². The summed E-state index contributed by atoms with van der Waals surface area (Å²) in [6.07, 6.45) is 0.345. The number of aryl methyl sites for hydroxylation is 1. The molecule has 4 rings (SSSR count). The van der Waals surface area contributed by atoms with E-state index < -0.39 is 17.9 Å². The molecule has 0 spiro atoms. The molecular weight excluding hydrogens is 421 g/mol. The first kappa shape index (κ1) is 21.2. The number of hydrogen-bond acceptors (Lipinski definition) is 7. The van der Waals surface area contributed by atoms with Gasteiger partial charge in [-0.2, -0.15) is 4.98 Å². The largest absolute Gasteiger partial charge is 0.469 e. The maximum absolute atomic E-state index is 13.5. The van der Waals surface area contributed by atoms with E-state index in [2.05, 4.69) is 24.9 Å². The van der Waals surface area contributed by atoms with E-state index in [-0.39, 0.29) is 18.4 Å². The number of alkyl halides is 2. The van der Waals surface area contributed by atoms with Gasteiger partial charge in [0.15, 0.2) is 5.82 Å². The molecule has 0 atom stereocenters. The highest BCUT2D eigenvalue weighted by Crippen LogP contribution is 2.39. The van der Waals surface area contributed by atoms with E-state index >= 15 is 0 Å². The minimum Gasteiger partial charge on any atom is -0.469 e. The lowest BCUT2D eigenvalue weighted by molar-refractivity contribution is 0.146. The van der Waals surface area contributed by atoms with Crippen LogP contribution < -0.4 is 10.5 Å². The minimum absolute atomic E-state index is 0.0427. The number of rotatable bonds is 6. The molecule has 0 saturated carbocycles. The van der Waals surface area contributed by atoms with Gasteiger partial charge in [0.2, 0.25) is 11.8 Å². The smallest absolute Gasteiger partial charge is 0.280 e. The van der Waals surface area contributed by atoms with Crippen LogP contribution in [0.3, 0.4) is 0 Å². The van der Waals surface area contributed by atoms with Crippen LogP contribution in [0.5, 0.6) is 5.88 Å². The summed E-state index contributed by atoms with van der Waals surface area (Å²) >= 11 is 0. The van der Waals surface area contributed by atoms with Crippen LogP contribution in [0.25, 0.3) is 22.4 Å². The zero-order chi connectivity index (χ0) is 22.7. The molecule has 3 heterocycles. The van der Waals surface area contributed by atoms with Gasteiger partial charge in [0, 0.05) is 23.7 Å². The van der Waals surface area contributed by atoms with Crippen LogP contribution in [0, 0.1) is 12.7 Å². The standard InChI is InChI=1S/C22H17F3N6O/c1-12-9-14(10-16(29-12)20(24)25)18-19(13-3-5-15(23)6-4-13)30-22(26)31-21(18)32-11-17-27-7-2-8-28-17/h2-10,20H,11H2,1H3,(H2,26,30,31). The van der Waals surface area contributed by atoms with Gasteiger partial charge in [0.1, 0.15) is 18.1 Å². The third-order valence-corrected chi connectivity index (χ3v) is 4.45. The molecule has 32 heavy (non-hydrogen) atoms. The monoisotopic (exact) mass is 438 g/mol. The first-order valence-electron chi connectivity index (χ1n) is 9.50. The Bertz CT molecular complexity index is 1240. The summed E-state index contributed by atoms with van der Waals surface area (Å²) < 4.78 is 46.2. The number of benzene rings is 1. The molecular formula is C22H17F3N6O. The van der Waals surface area contributed by atoms with Crippen molar-refractivity contribution in [1.82, 2.24) is 24.9 Å². The maximum atomic E-state index is 13.5. The molecule has 0 unspecified atom stereocenters. The van der Waals surface area contributed by atoms with Crippen LogP contribution in [-0.4, -0.2) is 24.9 Å². The van der Waals surface area contributed by atoms with Crippen molar-refractivity contribution in [2.45, 2.75) is 20.0 Å². The van der Waals surface area contributed by atoms with Gasteiger partial charge in [-0.05, 0) is 55.0 Å². The summed E-state index contributed by atoms with van der Waals surface area (Å²) in [6, 6.07) is 10.1. The average Bonchev–Trinajstić information content (AvgIpc) is 2.78. The van der Waals surface area contributed by atoms with Crippen LogP contribution >= 0.6 is 0 Å². The Labute approximate surface area is 181 Å². The van der Waals surface area contributed by atoms with Gasteiger partial charge in [-0.3, -0.25) is 4.98 Å². The molecule has 7 nitrogen and oxygen atoms in total. The Morgan fingerprint density at radius 3 is 2.38 bits per heavy atom. The fraction of sp³-hybridized carbons (Fsp3) is 0.136. The second-order valence-electron chi connectivity index (χ2n) is 6.79. The third-order valence-electron chi connectivity index (χ3n) is 4.45. The molecule has 0 aliphatic carbocycles. The Balaban J connectivity index is 1.90. The highest BCUT2D eigenvalue weighted by molar-refractivity contribution is 5.85. The van der Waals surface area contributed by atoms with E-state index in [1.54, 1.807) is 31.5 Å². The van der Waals surface area contributed by atoms with E-state index in [0.29, 0.717) is 33.9 Å². The number of nitrogens with two attached hydrogens (primary N) is 1. The first-order valence-corrected chi connectivity index (χ1v) is 9.50. The van der Waals surface area contributed by atoms with Crippen molar-refractivity contribution in [3.8, 4) is 28.3 Å². The summed E-state index contributed by atoms with van der Waals surface area (Å²) in [6.45, 7) is 1.56. The predicted molar refractivity (Wildman–Crippen MR) is 111 cm³/mol. The molecule has 0 aliphatic heterocycles. The van der Waals surface area contributed by atoms with Gasteiger partial charge in [-0.25, -0.2) is 28.1 Å². The maximum Gasteiger partial charge on any atom is 0.280 e. The molecule has 0 radical (unpaired) electrons. The molecule has 0 fully saturated rings. The van der Waals surface area contributed by atoms with E-state index in [4.69, 9.17) is 10.5 Å². The molecule has 0 amide bonds. The number of anilines is 1. The number of halogens is 3. The highest BCUT2D eigenvalue weighted by atomic mass is 19.3. The number of ether oxygens (including phenoxy) is 1. The molecule has 0 aliphatic rings. The highest BCUT2D eigenvalue weighted by Gasteiger charge is 2.21. The molecule has 0 bridgehead atoms. The lowest BCUT2D eigenvalue weighted by Crippen LogP contribution is -2.07. The number of nitrogens with zero attached hydrogens (tertiary/aromatic N) is 5. The quantitative estimate of drug-likeness (QED) is 0.472. The molecule has 4 aromatic rings. The Kier molecular flexibility index (Phi) is 5.93. The molecule has 2 N–H and O–H groups in total. The van der Waals surface area contributed by atoms with Crippen molar-refractivity contribution >= 4 is 5.95 Å². The van der Waals surface area contributed by atoms with Gasteiger partial charge in [0.25, 0.3) is 6.43 Å². The minimum atomic E-state index is -2.78. The van der Waals surface area contributed by atoms with Crippen LogP contribution in [0.1, 0.15) is 23.6 Å². The predicted octanol–water partition coefficient (Wildman–Crippen LogP) is 4.54. The number of aromatic nitrogens is 5. The van der Waals surface area contributed by atoms with E-state index in [0.717, 1.165) is 0 Å². The average molecular weight is 438 g/mol. The van der Waals surface area contributed by atoms with Crippen molar-refractivity contribution < 1.29 is 17.9 Å². The summed E-state index contributed by atoms with van der Waals surface area (Å²) in [5, 5.41) is 0. The molecule has 3 aromatic heterocycles. The van der Waals surface area contributed by atoms with Crippen molar-refractivity contribution in [3.05, 3.63) is 77.9 Å². The summed E-state index contributed by atoms with van der Waals surface area (Å²) in [7, 11) is 0. The fourth-order valence-corrected chi connectivity index (χ4v) is 3.13. The van der Waals surface area contributed by atoms with E-state index in [1.165, 1.54) is 30.3 Å². The van der Waals surface area contributed by atoms with Crippen LogP contribution in [0.4, 0.5) is 19.1 Å². The topological polar surface area (TPSA) is 99.7 Å². The van der Waals surface area contributed by atoms with Gasteiger partial charge >= 0.3 is 0 Å². The van der Waals surface area contributed by atoms with Crippen LogP contribution in [0.15, 0.2) is 54.9 Å². The van der Waals surface area contributed by atoms with Gasteiger partial charge in [0.05, 0.1) is 11.3 Å². The Morgan fingerprint density at radius 1 is 0.969 bits per heavy atom. The van der Waals surface area contributed by atoms with Crippen LogP contribution in [-0.2, 0) is 6.61 Å². The molecule has 10 heteroatoms. The number of nitrogen functional groups attached to an aromatic ring is 1. The molecule has 162 valence electrons. The second-order valence-corrected chi connectivity index (χ2v) is 6.79. The van der Waals surface area contributed by atoms with Crippen LogP contribution in [0.2, 0.25) is 0 Å². The normalized spacial score (nSPS) is 11.0. The first-order chi connectivity index (χ1) is 15.4. The van der Waals surface area contributed by atoms with E-state index in [9.17, 15) is 13.2 Å². The van der Waals surface area contributed by atoms with Crippen molar-refractivity contribution in [2.75, 3.05) is 5.73 Å². The number of pyridine rings is 1. The number of hydrogen-bond donors (Lipinski definition) is 1. The summed E-state index contributed by atoms with van der Waals surface area (Å²) in [5.74, 6) is -0.0973. The van der Waals surface area contributed by atoms with Crippen molar-refractivity contribution in [3.63, 3.8) is 0 Å². The second kappa shape index (κ2) is 8.96. The van der Waals surface area contributed by atoms with Crippen molar-refractivity contribution in [2.24, 2.45) is 0 Å². The zero-order valence-electron chi connectivity index (χ0n) is 16.8. The lowest BCUT2D eigenvalue weighted by Gasteiger charge is -2.16. The Morgan fingerprint density at radius 2 is 1.69 bits per heavy atom. The molecule has 1 aromatic carbocycles. The molecule has 0 saturated heterocycles. The summed E-state index contributed by atoms with van der Waals surface area (Å²) in [4.78, 5) is 20.6. The lowest BCUT2D eigenvalue weighted by atomic mass is 9.99. The fourth-order valence-electron chi connectivity index (χ4n) is 3.13. The zero-order valence-corrected chi connectivity index (χ0v) is 16.8. The van der Waals surface area contributed by atoms with Gasteiger partial charge in [-0.15, -0.1) is 0 Å². The van der Waals surface area contributed by atoms with Crippen molar-refractivity contribution in [1.29, 1.82) is 0 Å².